The normalized spacial score (nSPS) is 10.1. The molecule has 2 aromatic rings. The second-order valence-corrected chi connectivity index (χ2v) is 4.33. The van der Waals surface area contributed by atoms with Gasteiger partial charge in [-0.15, -0.1) is 0 Å². The zero-order chi connectivity index (χ0) is 13.1. The third-order valence-electron chi connectivity index (χ3n) is 2.20. The number of hydrogen-bond acceptors (Lipinski definition) is 3. The number of esters is 1. The molecular weight excluding hydrogens is 275 g/mol. The van der Waals surface area contributed by atoms with Crippen molar-refractivity contribution in [1.82, 2.24) is 0 Å². The van der Waals surface area contributed by atoms with Gasteiger partial charge in [0, 0.05) is 5.02 Å². The maximum atomic E-state index is 11.8. The molecule has 3 nitrogen and oxygen atoms in total. The predicted molar refractivity (Wildman–Crippen MR) is 69.5 cm³/mol. The molecule has 1 N–H and O–H groups in total. The Bertz CT molecular complexity index is 582. The summed E-state index contributed by atoms with van der Waals surface area (Å²) in [5.41, 5.74) is -0.0728. The third kappa shape index (κ3) is 2.75. The molecule has 2 rings (SSSR count). The number of aromatic hydroxyl groups is 1. The SMILES string of the molecule is O=C(Oc1ccccc1)c1cc(Cl)cc(Cl)c1O. The molecule has 2 aromatic carbocycles. The summed E-state index contributed by atoms with van der Waals surface area (Å²) in [5.74, 6) is -0.692. The minimum Gasteiger partial charge on any atom is -0.505 e. The summed E-state index contributed by atoms with van der Waals surface area (Å²) in [5, 5.41) is 9.93. The summed E-state index contributed by atoms with van der Waals surface area (Å²) in [6, 6.07) is 11.2. The maximum Gasteiger partial charge on any atom is 0.347 e. The van der Waals surface area contributed by atoms with E-state index in [2.05, 4.69) is 0 Å². The number of phenols is 1. The van der Waals surface area contributed by atoms with Crippen LogP contribution in [0, 0.1) is 0 Å². The van der Waals surface area contributed by atoms with Gasteiger partial charge in [-0.3, -0.25) is 0 Å². The quantitative estimate of drug-likeness (QED) is 0.671. The summed E-state index contributed by atoms with van der Waals surface area (Å²) in [7, 11) is 0. The minimum atomic E-state index is -0.719. The Hall–Kier alpha value is -1.71. The van der Waals surface area contributed by atoms with Crippen LogP contribution in [0.15, 0.2) is 42.5 Å². The van der Waals surface area contributed by atoms with Gasteiger partial charge in [-0.2, -0.15) is 0 Å². The number of benzene rings is 2. The zero-order valence-corrected chi connectivity index (χ0v) is 10.6. The second-order valence-electron chi connectivity index (χ2n) is 3.49. The van der Waals surface area contributed by atoms with E-state index in [1.807, 2.05) is 0 Å². The Morgan fingerprint density at radius 2 is 1.78 bits per heavy atom. The van der Waals surface area contributed by atoms with Crippen molar-refractivity contribution in [3.63, 3.8) is 0 Å². The van der Waals surface area contributed by atoms with Crippen molar-refractivity contribution in [3.05, 3.63) is 58.1 Å². The highest BCUT2D eigenvalue weighted by atomic mass is 35.5. The van der Waals surface area contributed by atoms with E-state index in [9.17, 15) is 9.90 Å². The van der Waals surface area contributed by atoms with Crippen LogP contribution in [-0.4, -0.2) is 11.1 Å². The van der Waals surface area contributed by atoms with Crippen LogP contribution in [0.4, 0.5) is 0 Å². The van der Waals surface area contributed by atoms with Crippen molar-refractivity contribution in [2.45, 2.75) is 0 Å². The number of ether oxygens (including phenoxy) is 1. The van der Waals surface area contributed by atoms with Gasteiger partial charge in [0.1, 0.15) is 17.1 Å². The molecule has 0 unspecified atom stereocenters. The summed E-state index contributed by atoms with van der Waals surface area (Å²) < 4.78 is 5.08. The molecule has 18 heavy (non-hydrogen) atoms. The first-order valence-electron chi connectivity index (χ1n) is 5.03. The van der Waals surface area contributed by atoms with E-state index in [1.54, 1.807) is 30.3 Å². The van der Waals surface area contributed by atoms with Crippen LogP contribution in [0.2, 0.25) is 10.0 Å². The Kier molecular flexibility index (Phi) is 3.75. The molecule has 92 valence electrons. The summed E-state index contributed by atoms with van der Waals surface area (Å²) in [6.45, 7) is 0. The summed E-state index contributed by atoms with van der Waals surface area (Å²) >= 11 is 11.5. The van der Waals surface area contributed by atoms with Crippen molar-refractivity contribution in [1.29, 1.82) is 0 Å². The smallest absolute Gasteiger partial charge is 0.347 e. The van der Waals surface area contributed by atoms with Gasteiger partial charge in [-0.1, -0.05) is 41.4 Å². The van der Waals surface area contributed by atoms with E-state index >= 15 is 0 Å². The third-order valence-corrected chi connectivity index (χ3v) is 2.71. The van der Waals surface area contributed by atoms with Gasteiger partial charge >= 0.3 is 5.97 Å². The topological polar surface area (TPSA) is 46.5 Å². The molecule has 0 radical (unpaired) electrons. The first kappa shape index (κ1) is 12.7. The van der Waals surface area contributed by atoms with Crippen LogP contribution >= 0.6 is 23.2 Å². The molecule has 0 saturated carbocycles. The molecular formula is C13H8Cl2O3. The molecule has 0 aliphatic heterocycles. The lowest BCUT2D eigenvalue weighted by atomic mass is 10.2. The Morgan fingerprint density at radius 1 is 1.11 bits per heavy atom. The molecule has 0 atom stereocenters. The fourth-order valence-electron chi connectivity index (χ4n) is 1.37. The van der Waals surface area contributed by atoms with E-state index in [1.165, 1.54) is 12.1 Å². The largest absolute Gasteiger partial charge is 0.505 e. The summed E-state index contributed by atoms with van der Waals surface area (Å²) in [6.07, 6.45) is 0. The number of carbonyl (C=O) groups is 1. The molecule has 0 amide bonds. The van der Waals surface area contributed by atoms with Gasteiger partial charge in [0.15, 0.2) is 0 Å². The first-order chi connectivity index (χ1) is 8.58. The highest BCUT2D eigenvalue weighted by molar-refractivity contribution is 6.36. The highest BCUT2D eigenvalue weighted by Crippen LogP contribution is 2.31. The molecule has 0 aliphatic rings. The molecule has 5 heteroatoms. The maximum absolute atomic E-state index is 11.8. The molecule has 0 aromatic heterocycles. The number of para-hydroxylation sites is 1. The number of hydrogen-bond donors (Lipinski definition) is 1. The number of rotatable bonds is 2. The van der Waals surface area contributed by atoms with Crippen LogP contribution in [0.5, 0.6) is 11.5 Å². The fraction of sp³-hybridized carbons (Fsp3) is 0. The van der Waals surface area contributed by atoms with Gasteiger partial charge in [0.25, 0.3) is 0 Å². The molecule has 0 fully saturated rings. The molecule has 0 aliphatic carbocycles. The predicted octanol–water partition coefficient (Wildman–Crippen LogP) is 3.92. The van der Waals surface area contributed by atoms with Crippen molar-refractivity contribution in [3.8, 4) is 11.5 Å². The Morgan fingerprint density at radius 3 is 2.44 bits per heavy atom. The van der Waals surface area contributed by atoms with Gasteiger partial charge in [0.2, 0.25) is 0 Å². The minimum absolute atomic E-state index is 0.00233. The lowest BCUT2D eigenvalue weighted by Crippen LogP contribution is -2.08. The number of phenolic OH excluding ortho intramolecular Hbond substituents is 1. The van der Waals surface area contributed by atoms with Crippen LogP contribution < -0.4 is 4.74 Å². The van der Waals surface area contributed by atoms with Crippen LogP contribution in [0.3, 0.4) is 0 Å². The van der Waals surface area contributed by atoms with E-state index in [4.69, 9.17) is 27.9 Å². The second kappa shape index (κ2) is 5.29. The molecule has 0 heterocycles. The van der Waals surface area contributed by atoms with Gasteiger partial charge < -0.3 is 9.84 Å². The van der Waals surface area contributed by atoms with Gasteiger partial charge in [-0.25, -0.2) is 4.79 Å². The molecule has 0 saturated heterocycles. The lowest BCUT2D eigenvalue weighted by Gasteiger charge is -2.07. The van der Waals surface area contributed by atoms with E-state index in [-0.39, 0.29) is 21.4 Å². The van der Waals surface area contributed by atoms with Crippen LogP contribution in [-0.2, 0) is 0 Å². The highest BCUT2D eigenvalue weighted by Gasteiger charge is 2.17. The van der Waals surface area contributed by atoms with Crippen molar-refractivity contribution < 1.29 is 14.6 Å². The van der Waals surface area contributed by atoms with E-state index < -0.39 is 5.97 Å². The number of carbonyl (C=O) groups excluding carboxylic acids is 1. The Balaban J connectivity index is 2.30. The Labute approximate surface area is 114 Å². The molecule has 0 bridgehead atoms. The van der Waals surface area contributed by atoms with Crippen molar-refractivity contribution in [2.24, 2.45) is 0 Å². The average Bonchev–Trinajstić information content (AvgIpc) is 2.35. The first-order valence-corrected chi connectivity index (χ1v) is 5.79. The van der Waals surface area contributed by atoms with Crippen LogP contribution in [0.1, 0.15) is 10.4 Å². The molecule has 0 spiro atoms. The average molecular weight is 283 g/mol. The summed E-state index contributed by atoms with van der Waals surface area (Å²) in [4.78, 5) is 11.8. The van der Waals surface area contributed by atoms with Crippen LogP contribution in [0.25, 0.3) is 0 Å². The number of halogens is 2. The standard InChI is InChI=1S/C13H8Cl2O3/c14-8-6-10(12(16)11(15)7-8)13(17)18-9-4-2-1-3-5-9/h1-7,16H. The van der Waals surface area contributed by atoms with Gasteiger partial charge in [-0.05, 0) is 24.3 Å². The van der Waals surface area contributed by atoms with E-state index in [0.717, 1.165) is 0 Å². The monoisotopic (exact) mass is 282 g/mol. The van der Waals surface area contributed by atoms with E-state index in [0.29, 0.717) is 5.75 Å². The van der Waals surface area contributed by atoms with Gasteiger partial charge in [0.05, 0.1) is 5.02 Å². The van der Waals surface area contributed by atoms with Crippen molar-refractivity contribution in [2.75, 3.05) is 0 Å². The van der Waals surface area contributed by atoms with Crippen molar-refractivity contribution >= 4 is 29.2 Å². The lowest BCUT2D eigenvalue weighted by molar-refractivity contribution is 0.0731. The zero-order valence-electron chi connectivity index (χ0n) is 9.06. The fourth-order valence-corrected chi connectivity index (χ4v) is 1.87.